The number of carbonyl (C=O) groups excluding carboxylic acids is 5. The van der Waals surface area contributed by atoms with E-state index in [9.17, 15) is 29.1 Å². The van der Waals surface area contributed by atoms with Crippen LogP contribution in [0.25, 0.3) is 33.3 Å². The summed E-state index contributed by atoms with van der Waals surface area (Å²) in [6.07, 6.45) is 2.92. The lowest BCUT2D eigenvalue weighted by Gasteiger charge is -2.37. The van der Waals surface area contributed by atoms with Gasteiger partial charge in [0.15, 0.2) is 0 Å². The number of pyridine rings is 1. The molecule has 4 aliphatic heterocycles. The fourth-order valence-corrected chi connectivity index (χ4v) is 10.3. The maximum atomic E-state index is 14.8. The van der Waals surface area contributed by atoms with E-state index in [2.05, 4.69) is 59.6 Å². The van der Waals surface area contributed by atoms with Gasteiger partial charge >= 0.3 is 5.97 Å². The van der Waals surface area contributed by atoms with Gasteiger partial charge < -0.3 is 39.0 Å². The van der Waals surface area contributed by atoms with Crippen LogP contribution in [-0.2, 0) is 57.6 Å². The molecule has 6 atom stereocenters. The predicted octanol–water partition coefficient (Wildman–Crippen LogP) is 4.38. The number of aromatic hydroxyl groups is 1. The number of ether oxygens (including phenoxy) is 3. The van der Waals surface area contributed by atoms with E-state index in [1.54, 1.807) is 32.5 Å². The maximum Gasteiger partial charge on any atom is 0.324 e. The Hall–Kier alpha value is -5.88. The van der Waals surface area contributed by atoms with Crippen LogP contribution in [0.3, 0.4) is 0 Å². The summed E-state index contributed by atoms with van der Waals surface area (Å²) in [5.41, 5.74) is 9.47. The number of hydrogen-bond donors (Lipinski definition) is 4. The number of cyclic esters (lactones) is 1. The van der Waals surface area contributed by atoms with Crippen molar-refractivity contribution < 1.29 is 43.3 Å². The number of aryl methyl sites for hydroxylation is 1. The van der Waals surface area contributed by atoms with Crippen molar-refractivity contribution in [2.75, 3.05) is 54.1 Å². The molecular weight excluding hydrogens is 881 g/mol. The first-order chi connectivity index (χ1) is 32.9. The fraction of sp³-hybridized carbons (Fsp3) is 0.538. The number of esters is 1. The van der Waals surface area contributed by atoms with Crippen molar-refractivity contribution in [2.24, 2.45) is 17.3 Å². The molecule has 3 fully saturated rings. The molecule has 2 aromatic carbocycles. The molecule has 6 bridgehead atoms. The van der Waals surface area contributed by atoms with Gasteiger partial charge in [-0.25, -0.2) is 5.43 Å². The van der Waals surface area contributed by atoms with Gasteiger partial charge in [0.25, 0.3) is 5.91 Å². The third-order valence-electron chi connectivity index (χ3n) is 14.2. The number of hydrazine groups is 1. The van der Waals surface area contributed by atoms with Crippen molar-refractivity contribution >= 4 is 40.5 Å². The number of amides is 4. The Morgan fingerprint density at radius 2 is 1.83 bits per heavy atom. The van der Waals surface area contributed by atoms with Crippen molar-refractivity contribution in [1.82, 2.24) is 40.4 Å². The van der Waals surface area contributed by atoms with Gasteiger partial charge in [-0.1, -0.05) is 39.8 Å². The van der Waals surface area contributed by atoms with Crippen LogP contribution in [0.15, 0.2) is 54.7 Å². The van der Waals surface area contributed by atoms with Gasteiger partial charge in [0.2, 0.25) is 17.7 Å². The van der Waals surface area contributed by atoms with Gasteiger partial charge in [-0.3, -0.25) is 39.3 Å². The zero-order chi connectivity index (χ0) is 49.5. The first-order valence-corrected chi connectivity index (χ1v) is 24.2. The SMILES string of the molecule is CCn1c(-c2cccnc2[C@H](C)OC)c2c3cc(ccc31)-c1cc(O)cc(c1)C[C@H](NC(=O)C(C(C)C)N(C)C(=O)CN(C)C(=O)[C@H]1NC1C1COC1)C(=O)N1CCC[C@H](N1)C(=O)OCC(C)(C)C2. The van der Waals surface area contributed by atoms with E-state index in [4.69, 9.17) is 19.2 Å². The number of hydrogen-bond acceptors (Lipinski definition) is 12. The molecule has 0 saturated carbocycles. The minimum atomic E-state index is -1.19. The van der Waals surface area contributed by atoms with Crippen molar-refractivity contribution in [3.05, 3.63) is 71.5 Å². The summed E-state index contributed by atoms with van der Waals surface area (Å²) in [6.45, 7) is 13.8. The lowest BCUT2D eigenvalue weighted by atomic mass is 9.84. The number of benzene rings is 2. The predicted molar refractivity (Wildman–Crippen MR) is 259 cm³/mol. The number of fused-ring (bicyclic) bond motifs is 6. The molecule has 370 valence electrons. The Balaban J connectivity index is 1.15. The van der Waals surface area contributed by atoms with Gasteiger partial charge in [-0.05, 0) is 97.7 Å². The highest BCUT2D eigenvalue weighted by molar-refractivity contribution is 5.96. The Labute approximate surface area is 404 Å². The number of rotatable bonds is 12. The van der Waals surface area contributed by atoms with Crippen LogP contribution in [0.4, 0.5) is 0 Å². The Bertz CT molecular complexity index is 2610. The molecule has 2 unspecified atom stereocenters. The average molecular weight is 949 g/mol. The minimum absolute atomic E-state index is 0.0204. The topological polar surface area (TPSA) is 207 Å². The molecule has 2 aromatic heterocycles. The summed E-state index contributed by atoms with van der Waals surface area (Å²) in [7, 11) is 4.77. The molecule has 3 saturated heterocycles. The molecule has 0 aliphatic carbocycles. The van der Waals surface area contributed by atoms with Gasteiger partial charge in [0.1, 0.15) is 29.9 Å². The standard InChI is InChI=1S/C52H68N8O9/c1-10-59-41-16-15-32-23-37(41)38(47(59)36-13-11-17-53-43(36)30(4)67-9)24-52(5,6)28-69-51(66)39-14-12-18-60(56-39)49(64)40(21-31-19-33(32)22-35(61)20-31)54-48(63)46(29(2)3)58(8)42(62)25-57(7)50(65)45-44(55-45)34-26-68-27-34/h11,13,15-17,19-20,22-23,29-30,34,39-40,44-46,55-56,61H,10,12,14,18,21,24-28H2,1-9H3,(H,54,63)/t30-,39-,40-,44?,45-,46?/m0/s1. The first-order valence-electron chi connectivity index (χ1n) is 24.2. The fourth-order valence-electron chi connectivity index (χ4n) is 10.3. The summed E-state index contributed by atoms with van der Waals surface area (Å²) in [5.74, 6) is -2.32. The van der Waals surface area contributed by atoms with Crippen molar-refractivity contribution in [1.29, 1.82) is 0 Å². The zero-order valence-corrected chi connectivity index (χ0v) is 41.3. The highest BCUT2D eigenvalue weighted by Gasteiger charge is 2.50. The van der Waals surface area contributed by atoms with Crippen molar-refractivity contribution in [3.8, 4) is 28.1 Å². The third-order valence-corrected chi connectivity index (χ3v) is 14.2. The third kappa shape index (κ3) is 10.4. The lowest BCUT2D eigenvalue weighted by Crippen LogP contribution is -2.62. The minimum Gasteiger partial charge on any atom is -0.508 e. The molecule has 4 aromatic rings. The quantitative estimate of drug-likeness (QED) is 0.115. The van der Waals surface area contributed by atoms with Gasteiger partial charge in [0.05, 0.1) is 43.9 Å². The molecule has 17 heteroatoms. The van der Waals surface area contributed by atoms with E-state index in [0.717, 1.165) is 39.0 Å². The van der Waals surface area contributed by atoms with Crippen molar-refractivity contribution in [2.45, 2.75) is 110 Å². The Morgan fingerprint density at radius 1 is 1.06 bits per heavy atom. The second-order valence-electron chi connectivity index (χ2n) is 20.4. The molecule has 69 heavy (non-hydrogen) atoms. The lowest BCUT2D eigenvalue weighted by molar-refractivity contribution is -0.155. The largest absolute Gasteiger partial charge is 0.508 e. The second kappa shape index (κ2) is 20.2. The molecule has 4 aliphatic rings. The first kappa shape index (κ1) is 49.5. The Kier molecular flexibility index (Phi) is 14.5. The smallest absolute Gasteiger partial charge is 0.324 e. The summed E-state index contributed by atoms with van der Waals surface area (Å²) in [6, 6.07) is 12.0. The molecule has 0 radical (unpaired) electrons. The molecule has 4 N–H and O–H groups in total. The van der Waals surface area contributed by atoms with Gasteiger partial charge in [0, 0.05) is 80.8 Å². The number of likely N-dealkylation sites (N-methyl/N-ethyl adjacent to an activating group) is 2. The molecule has 4 amide bonds. The summed E-state index contributed by atoms with van der Waals surface area (Å²) >= 11 is 0. The average Bonchev–Trinajstić information content (AvgIpc) is 4.02. The van der Waals surface area contributed by atoms with E-state index in [0.29, 0.717) is 50.1 Å². The summed E-state index contributed by atoms with van der Waals surface area (Å²) < 4.78 is 19.5. The van der Waals surface area contributed by atoms with Crippen LogP contribution in [0.1, 0.15) is 77.3 Å². The van der Waals surface area contributed by atoms with E-state index in [-0.39, 0.29) is 67.8 Å². The number of nitrogens with one attached hydrogen (secondary N) is 3. The van der Waals surface area contributed by atoms with Gasteiger partial charge in [-0.15, -0.1) is 0 Å². The number of carbonyl (C=O) groups is 5. The number of methoxy groups -OCH3 is 1. The van der Waals surface area contributed by atoms with E-state index < -0.39 is 47.2 Å². The summed E-state index contributed by atoms with van der Waals surface area (Å²) in [5, 5.41) is 19.9. The zero-order valence-electron chi connectivity index (χ0n) is 41.3. The van der Waals surface area contributed by atoms with Crippen LogP contribution >= 0.6 is 0 Å². The van der Waals surface area contributed by atoms with Crippen LogP contribution in [0.2, 0.25) is 0 Å². The number of phenols is 1. The highest BCUT2D eigenvalue weighted by atomic mass is 16.5. The molecule has 0 spiro atoms. The van der Waals surface area contributed by atoms with E-state index in [1.165, 1.54) is 21.9 Å². The monoisotopic (exact) mass is 949 g/mol. The molecular formula is C52H68N8O9. The van der Waals surface area contributed by atoms with E-state index in [1.807, 2.05) is 39.0 Å². The van der Waals surface area contributed by atoms with Crippen LogP contribution in [0.5, 0.6) is 5.75 Å². The van der Waals surface area contributed by atoms with Crippen LogP contribution in [0, 0.1) is 17.3 Å². The van der Waals surface area contributed by atoms with Gasteiger partial charge in [-0.2, -0.15) is 0 Å². The summed E-state index contributed by atoms with van der Waals surface area (Å²) in [4.78, 5) is 77.8. The van der Waals surface area contributed by atoms with Crippen LogP contribution in [-0.4, -0.2) is 143 Å². The van der Waals surface area contributed by atoms with Crippen molar-refractivity contribution in [3.63, 3.8) is 0 Å². The number of phenolic OH excluding ortho intramolecular Hbond substituents is 1. The molecule has 6 heterocycles. The van der Waals surface area contributed by atoms with Crippen LogP contribution < -0.4 is 16.1 Å². The maximum absolute atomic E-state index is 14.8. The number of aromatic nitrogens is 2. The highest BCUT2D eigenvalue weighted by Crippen LogP contribution is 2.42. The second-order valence-corrected chi connectivity index (χ2v) is 20.4. The van der Waals surface area contributed by atoms with E-state index >= 15 is 0 Å². The molecule has 17 nitrogen and oxygen atoms in total. The molecule has 8 rings (SSSR count). The Morgan fingerprint density at radius 3 is 2.52 bits per heavy atom. The number of nitrogens with zero attached hydrogens (tertiary/aromatic N) is 5. The normalized spacial score (nSPS) is 22.6.